The Hall–Kier alpha value is -2.48. The Morgan fingerprint density at radius 1 is 1.24 bits per heavy atom. The fourth-order valence-corrected chi connectivity index (χ4v) is 1.19. The van der Waals surface area contributed by atoms with E-state index in [2.05, 4.69) is 15.4 Å². The maximum atomic E-state index is 11.1. The van der Waals surface area contributed by atoms with Gasteiger partial charge in [-0.05, 0) is 6.07 Å². The third-order valence-corrected chi connectivity index (χ3v) is 1.98. The van der Waals surface area contributed by atoms with Gasteiger partial charge in [-0.1, -0.05) is 18.2 Å². The Balaban J connectivity index is 2.99. The molecule has 1 aromatic rings. The van der Waals surface area contributed by atoms with Gasteiger partial charge in [0, 0.05) is 13.8 Å². The van der Waals surface area contributed by atoms with Gasteiger partial charge in [-0.3, -0.25) is 15.0 Å². The molecule has 17 heavy (non-hydrogen) atoms. The van der Waals surface area contributed by atoms with E-state index in [4.69, 9.17) is 6.57 Å². The highest BCUT2D eigenvalue weighted by molar-refractivity contribution is 6.65. The van der Waals surface area contributed by atoms with E-state index in [-0.39, 0.29) is 5.71 Å². The molecule has 86 valence electrons. The van der Waals surface area contributed by atoms with Crippen LogP contribution in [-0.4, -0.2) is 17.3 Å². The highest BCUT2D eigenvalue weighted by Gasteiger charge is 2.11. The number of hydrogen-bond donors (Lipinski definition) is 1. The fraction of sp³-hybridized carbons (Fsp3) is 0.167. The number of carbonyl (C=O) groups is 2. The lowest BCUT2D eigenvalue weighted by Crippen LogP contribution is -2.20. The second-order valence-corrected chi connectivity index (χ2v) is 3.31. The zero-order valence-electron chi connectivity index (χ0n) is 9.52. The van der Waals surface area contributed by atoms with Crippen LogP contribution in [0.3, 0.4) is 0 Å². The van der Waals surface area contributed by atoms with Crippen LogP contribution in [0.25, 0.3) is 4.85 Å². The van der Waals surface area contributed by atoms with E-state index in [0.717, 1.165) is 0 Å². The maximum Gasteiger partial charge on any atom is 0.211 e. The lowest BCUT2D eigenvalue weighted by atomic mass is 10.2. The van der Waals surface area contributed by atoms with Gasteiger partial charge >= 0.3 is 0 Å². The number of hydrazone groups is 1. The average Bonchev–Trinajstić information content (AvgIpc) is 2.29. The SMILES string of the molecule is [C-]#[N+]c1ccccc1NN=C(C(C)=O)C(C)=O. The van der Waals surface area contributed by atoms with Gasteiger partial charge in [0.15, 0.2) is 17.3 Å². The summed E-state index contributed by atoms with van der Waals surface area (Å²) in [5, 5.41) is 3.73. The number of para-hydroxylation sites is 2. The van der Waals surface area contributed by atoms with Gasteiger partial charge in [0.05, 0.1) is 12.3 Å². The van der Waals surface area contributed by atoms with Crippen molar-refractivity contribution in [3.8, 4) is 0 Å². The van der Waals surface area contributed by atoms with Crippen molar-refractivity contribution in [1.82, 2.24) is 0 Å². The standard InChI is InChI=1S/C12H11N3O2/c1-8(16)12(9(2)17)15-14-11-7-5-4-6-10(11)13-3/h4-7,14H,1-2H3. The summed E-state index contributed by atoms with van der Waals surface area (Å²) >= 11 is 0. The minimum atomic E-state index is -0.412. The number of nitrogens with zero attached hydrogens (tertiary/aromatic N) is 2. The molecule has 0 atom stereocenters. The van der Waals surface area contributed by atoms with Crippen LogP contribution in [0.5, 0.6) is 0 Å². The summed E-state index contributed by atoms with van der Waals surface area (Å²) in [6, 6.07) is 6.72. The van der Waals surface area contributed by atoms with Crippen molar-refractivity contribution in [2.75, 3.05) is 5.43 Å². The summed E-state index contributed by atoms with van der Waals surface area (Å²) in [7, 11) is 0. The fourth-order valence-electron chi connectivity index (χ4n) is 1.19. The molecule has 0 spiro atoms. The summed E-state index contributed by atoms with van der Waals surface area (Å²) in [5.41, 5.74) is 3.24. The van der Waals surface area contributed by atoms with Crippen molar-refractivity contribution in [3.63, 3.8) is 0 Å². The van der Waals surface area contributed by atoms with Crippen molar-refractivity contribution in [2.24, 2.45) is 5.10 Å². The number of Topliss-reactive ketones (excluding diaryl/α,β-unsaturated/α-hetero) is 2. The van der Waals surface area contributed by atoms with E-state index in [1.54, 1.807) is 24.3 Å². The van der Waals surface area contributed by atoms with Crippen LogP contribution in [0, 0.1) is 6.57 Å². The van der Waals surface area contributed by atoms with Gasteiger partial charge in [-0.2, -0.15) is 5.10 Å². The minimum absolute atomic E-state index is 0.162. The molecule has 0 aliphatic carbocycles. The topological polar surface area (TPSA) is 62.9 Å². The Labute approximate surface area is 99.0 Å². The van der Waals surface area contributed by atoms with Crippen LogP contribution < -0.4 is 5.43 Å². The summed E-state index contributed by atoms with van der Waals surface area (Å²) in [6.07, 6.45) is 0. The van der Waals surface area contributed by atoms with Crippen molar-refractivity contribution in [3.05, 3.63) is 35.7 Å². The molecule has 0 saturated carbocycles. The highest BCUT2D eigenvalue weighted by atomic mass is 16.1. The molecule has 0 bridgehead atoms. The summed E-state index contributed by atoms with van der Waals surface area (Å²) < 4.78 is 0. The molecule has 0 radical (unpaired) electrons. The van der Waals surface area contributed by atoms with Crippen molar-refractivity contribution >= 4 is 28.7 Å². The molecule has 1 N–H and O–H groups in total. The second kappa shape index (κ2) is 5.56. The van der Waals surface area contributed by atoms with E-state index >= 15 is 0 Å². The number of ketones is 2. The van der Waals surface area contributed by atoms with Crippen LogP contribution in [-0.2, 0) is 9.59 Å². The molecule has 5 heteroatoms. The minimum Gasteiger partial charge on any atom is -0.293 e. The molecule has 0 fully saturated rings. The number of nitrogens with one attached hydrogen (secondary N) is 1. The van der Waals surface area contributed by atoms with Crippen LogP contribution in [0.2, 0.25) is 0 Å². The number of hydrogen-bond acceptors (Lipinski definition) is 4. The Morgan fingerprint density at radius 2 is 1.82 bits per heavy atom. The normalized spacial score (nSPS) is 9.00. The van der Waals surface area contributed by atoms with Gasteiger partial charge in [0.2, 0.25) is 5.69 Å². The first-order valence-electron chi connectivity index (χ1n) is 4.88. The van der Waals surface area contributed by atoms with Gasteiger partial charge < -0.3 is 0 Å². The monoisotopic (exact) mass is 229 g/mol. The second-order valence-electron chi connectivity index (χ2n) is 3.31. The van der Waals surface area contributed by atoms with Crippen LogP contribution >= 0.6 is 0 Å². The molecule has 0 heterocycles. The molecule has 0 unspecified atom stereocenters. The van der Waals surface area contributed by atoms with Crippen molar-refractivity contribution < 1.29 is 9.59 Å². The number of rotatable bonds is 4. The maximum absolute atomic E-state index is 11.1. The van der Waals surface area contributed by atoms with E-state index < -0.39 is 11.6 Å². The molecule has 5 nitrogen and oxygen atoms in total. The van der Waals surface area contributed by atoms with Crippen LogP contribution in [0.1, 0.15) is 13.8 Å². The largest absolute Gasteiger partial charge is 0.293 e. The molecule has 0 aliphatic rings. The van der Waals surface area contributed by atoms with E-state index in [9.17, 15) is 9.59 Å². The number of carbonyl (C=O) groups excluding carboxylic acids is 2. The third-order valence-electron chi connectivity index (χ3n) is 1.98. The van der Waals surface area contributed by atoms with Gasteiger partial charge in [-0.25, -0.2) is 4.85 Å². The van der Waals surface area contributed by atoms with Gasteiger partial charge in [0.1, 0.15) is 0 Å². The molecule has 1 rings (SSSR count). The summed E-state index contributed by atoms with van der Waals surface area (Å²) in [5.74, 6) is -0.824. The summed E-state index contributed by atoms with van der Waals surface area (Å²) in [4.78, 5) is 25.5. The van der Waals surface area contributed by atoms with Gasteiger partial charge in [0.25, 0.3) is 0 Å². The van der Waals surface area contributed by atoms with Gasteiger partial charge in [-0.15, -0.1) is 0 Å². The lowest BCUT2D eigenvalue weighted by Gasteiger charge is -2.03. The molecule has 0 amide bonds. The zero-order chi connectivity index (χ0) is 12.8. The Kier molecular flexibility index (Phi) is 4.12. The Morgan fingerprint density at radius 3 is 2.35 bits per heavy atom. The highest BCUT2D eigenvalue weighted by Crippen LogP contribution is 2.23. The first kappa shape index (κ1) is 12.6. The predicted octanol–water partition coefficient (Wildman–Crippen LogP) is 2.18. The molecule has 0 aromatic heterocycles. The molecule has 0 aliphatic heterocycles. The predicted molar refractivity (Wildman–Crippen MR) is 65.1 cm³/mol. The zero-order valence-corrected chi connectivity index (χ0v) is 9.52. The average molecular weight is 229 g/mol. The third kappa shape index (κ3) is 3.24. The van der Waals surface area contributed by atoms with Crippen molar-refractivity contribution in [1.29, 1.82) is 0 Å². The number of anilines is 1. The first-order valence-corrected chi connectivity index (χ1v) is 4.88. The smallest absolute Gasteiger partial charge is 0.211 e. The lowest BCUT2D eigenvalue weighted by molar-refractivity contribution is -0.114. The van der Waals surface area contributed by atoms with E-state index in [1.807, 2.05) is 0 Å². The first-order chi connectivity index (χ1) is 8.06. The van der Waals surface area contributed by atoms with E-state index in [1.165, 1.54) is 13.8 Å². The molecular formula is C12H11N3O2. The number of benzene rings is 1. The molecule has 1 aromatic carbocycles. The van der Waals surface area contributed by atoms with Crippen LogP contribution in [0.15, 0.2) is 29.4 Å². The molecular weight excluding hydrogens is 218 g/mol. The van der Waals surface area contributed by atoms with Crippen LogP contribution in [0.4, 0.5) is 11.4 Å². The quantitative estimate of drug-likeness (QED) is 0.372. The molecule has 0 saturated heterocycles. The van der Waals surface area contributed by atoms with Crippen molar-refractivity contribution in [2.45, 2.75) is 13.8 Å². The Bertz CT molecular complexity index is 511. The van der Waals surface area contributed by atoms with E-state index in [0.29, 0.717) is 11.4 Å². The summed E-state index contributed by atoms with van der Waals surface area (Å²) in [6.45, 7) is 9.48.